The van der Waals surface area contributed by atoms with Gasteiger partial charge in [-0.1, -0.05) is 0 Å². The number of nitrogens with one attached hydrogen (secondary N) is 1. The zero-order valence-electron chi connectivity index (χ0n) is 13.0. The van der Waals surface area contributed by atoms with Crippen molar-refractivity contribution >= 4 is 17.5 Å². The van der Waals surface area contributed by atoms with E-state index < -0.39 is 16.5 Å². The first-order chi connectivity index (χ1) is 10.3. The summed E-state index contributed by atoms with van der Waals surface area (Å²) in [6.45, 7) is 7.79. The van der Waals surface area contributed by atoms with Gasteiger partial charge in [0.2, 0.25) is 5.82 Å². The van der Waals surface area contributed by atoms with Gasteiger partial charge in [-0.05, 0) is 26.8 Å². The number of piperazine rings is 1. The van der Waals surface area contributed by atoms with Gasteiger partial charge in [-0.2, -0.15) is 0 Å². The highest BCUT2D eigenvalue weighted by molar-refractivity contribution is 5.96. The summed E-state index contributed by atoms with van der Waals surface area (Å²) < 4.78 is 5.25. The van der Waals surface area contributed by atoms with Crippen LogP contribution in [0, 0.1) is 10.1 Å². The molecule has 8 heteroatoms. The van der Waals surface area contributed by atoms with Crippen LogP contribution in [0.25, 0.3) is 0 Å². The van der Waals surface area contributed by atoms with E-state index in [4.69, 9.17) is 4.74 Å². The predicted octanol–water partition coefficient (Wildman–Crippen LogP) is 1.35. The molecule has 1 aromatic rings. The minimum atomic E-state index is -0.719. The van der Waals surface area contributed by atoms with Crippen LogP contribution in [0.1, 0.15) is 31.1 Å². The monoisotopic (exact) mass is 308 g/mol. The molecule has 1 aliphatic rings. The standard InChI is InChI=1S/C14H20N4O4/c1-14(2,3)22-13(19)10-4-5-16-12(11(10)18(20)21)17-8-6-15-7-9-17/h4-5,15H,6-9H2,1-3H3. The maximum atomic E-state index is 12.2. The highest BCUT2D eigenvalue weighted by Gasteiger charge is 2.31. The quantitative estimate of drug-likeness (QED) is 0.511. The van der Waals surface area contributed by atoms with Gasteiger partial charge >= 0.3 is 11.7 Å². The zero-order valence-corrected chi connectivity index (χ0v) is 13.0. The Morgan fingerprint density at radius 3 is 2.59 bits per heavy atom. The van der Waals surface area contributed by atoms with Crippen LogP contribution in [0.3, 0.4) is 0 Å². The summed E-state index contributed by atoms with van der Waals surface area (Å²) >= 11 is 0. The van der Waals surface area contributed by atoms with Gasteiger partial charge in [-0.3, -0.25) is 10.1 Å². The van der Waals surface area contributed by atoms with Crippen molar-refractivity contribution < 1.29 is 14.5 Å². The van der Waals surface area contributed by atoms with E-state index in [1.54, 1.807) is 20.8 Å². The van der Waals surface area contributed by atoms with Gasteiger partial charge in [0.25, 0.3) is 0 Å². The lowest BCUT2D eigenvalue weighted by atomic mass is 10.1. The van der Waals surface area contributed by atoms with E-state index in [0.717, 1.165) is 13.1 Å². The Kier molecular flexibility index (Phi) is 4.60. The lowest BCUT2D eigenvalue weighted by Gasteiger charge is -2.28. The number of esters is 1. The molecule has 8 nitrogen and oxygen atoms in total. The molecule has 1 aromatic heterocycles. The molecule has 2 rings (SSSR count). The van der Waals surface area contributed by atoms with Gasteiger partial charge in [-0.25, -0.2) is 9.78 Å². The number of carbonyl (C=O) groups is 1. The average molecular weight is 308 g/mol. The SMILES string of the molecule is CC(C)(C)OC(=O)c1ccnc(N2CCNCC2)c1[N+](=O)[O-]. The highest BCUT2D eigenvalue weighted by atomic mass is 16.6. The second-order valence-electron chi connectivity index (χ2n) is 6.03. The van der Waals surface area contributed by atoms with E-state index in [0.29, 0.717) is 13.1 Å². The van der Waals surface area contributed by atoms with Crippen LogP contribution < -0.4 is 10.2 Å². The van der Waals surface area contributed by atoms with E-state index >= 15 is 0 Å². The minimum absolute atomic E-state index is 0.0662. The molecule has 0 radical (unpaired) electrons. The van der Waals surface area contributed by atoms with Crippen molar-refractivity contribution in [1.29, 1.82) is 0 Å². The zero-order chi connectivity index (χ0) is 16.3. The Bertz CT molecular complexity index is 577. The minimum Gasteiger partial charge on any atom is -0.456 e. The molecule has 0 aliphatic carbocycles. The number of aromatic nitrogens is 1. The van der Waals surface area contributed by atoms with Crippen LogP contribution in [-0.2, 0) is 4.74 Å². The molecule has 0 aromatic carbocycles. The van der Waals surface area contributed by atoms with Crippen molar-refractivity contribution in [1.82, 2.24) is 10.3 Å². The van der Waals surface area contributed by atoms with Crippen LogP contribution in [-0.4, -0.2) is 47.7 Å². The van der Waals surface area contributed by atoms with Crippen LogP contribution in [0.5, 0.6) is 0 Å². The van der Waals surface area contributed by atoms with Crippen LogP contribution >= 0.6 is 0 Å². The molecule has 0 bridgehead atoms. The number of pyridine rings is 1. The molecule has 1 aliphatic heterocycles. The van der Waals surface area contributed by atoms with Crippen molar-refractivity contribution in [3.05, 3.63) is 27.9 Å². The third kappa shape index (κ3) is 3.70. The largest absolute Gasteiger partial charge is 0.456 e. The van der Waals surface area contributed by atoms with Crippen molar-refractivity contribution in [3.8, 4) is 0 Å². The normalized spacial score (nSPS) is 15.5. The maximum Gasteiger partial charge on any atom is 0.345 e. The Morgan fingerprint density at radius 1 is 1.41 bits per heavy atom. The Labute approximate surface area is 128 Å². The maximum absolute atomic E-state index is 12.2. The first-order valence-corrected chi connectivity index (χ1v) is 7.12. The molecule has 0 unspecified atom stereocenters. The molecule has 1 fully saturated rings. The number of hydrogen-bond acceptors (Lipinski definition) is 7. The number of nitrogens with zero attached hydrogens (tertiary/aromatic N) is 3. The summed E-state index contributed by atoms with van der Waals surface area (Å²) in [6.07, 6.45) is 1.41. The van der Waals surface area contributed by atoms with Gasteiger partial charge in [0.15, 0.2) is 0 Å². The Balaban J connectivity index is 2.42. The van der Waals surface area contributed by atoms with Crippen molar-refractivity contribution in [2.45, 2.75) is 26.4 Å². The second kappa shape index (κ2) is 6.27. The van der Waals surface area contributed by atoms with E-state index in [9.17, 15) is 14.9 Å². The van der Waals surface area contributed by atoms with Crippen molar-refractivity contribution in [3.63, 3.8) is 0 Å². The van der Waals surface area contributed by atoms with E-state index in [2.05, 4.69) is 10.3 Å². The number of ether oxygens (including phenoxy) is 1. The summed E-state index contributed by atoms with van der Waals surface area (Å²) in [4.78, 5) is 29.1. The van der Waals surface area contributed by atoms with Gasteiger partial charge in [0.1, 0.15) is 11.2 Å². The molecule has 1 saturated heterocycles. The summed E-state index contributed by atoms with van der Waals surface area (Å²) in [7, 11) is 0. The topological polar surface area (TPSA) is 97.6 Å². The molecule has 1 N–H and O–H groups in total. The third-order valence-corrected chi connectivity index (χ3v) is 3.12. The van der Waals surface area contributed by atoms with Gasteiger partial charge in [-0.15, -0.1) is 0 Å². The molecule has 2 heterocycles. The Hall–Kier alpha value is -2.22. The fourth-order valence-corrected chi connectivity index (χ4v) is 2.23. The number of anilines is 1. The average Bonchev–Trinajstić information content (AvgIpc) is 2.45. The summed E-state index contributed by atoms with van der Waals surface area (Å²) in [6, 6.07) is 1.33. The molecule has 0 saturated carbocycles. The number of nitro groups is 1. The number of carbonyl (C=O) groups excluding carboxylic acids is 1. The van der Waals surface area contributed by atoms with Crippen LogP contribution in [0.4, 0.5) is 11.5 Å². The van der Waals surface area contributed by atoms with E-state index in [1.807, 2.05) is 4.90 Å². The van der Waals surface area contributed by atoms with Crippen molar-refractivity contribution in [2.24, 2.45) is 0 Å². The van der Waals surface area contributed by atoms with Crippen LogP contribution in [0.15, 0.2) is 12.3 Å². The van der Waals surface area contributed by atoms with Crippen molar-refractivity contribution in [2.75, 3.05) is 31.1 Å². The number of hydrogen-bond donors (Lipinski definition) is 1. The van der Waals surface area contributed by atoms with Crippen LogP contribution in [0.2, 0.25) is 0 Å². The molecule has 0 atom stereocenters. The highest BCUT2D eigenvalue weighted by Crippen LogP contribution is 2.31. The lowest BCUT2D eigenvalue weighted by molar-refractivity contribution is -0.384. The molecule has 22 heavy (non-hydrogen) atoms. The van der Waals surface area contributed by atoms with Gasteiger partial charge in [0, 0.05) is 32.4 Å². The van der Waals surface area contributed by atoms with E-state index in [-0.39, 0.29) is 17.1 Å². The van der Waals surface area contributed by atoms with Gasteiger partial charge in [0.05, 0.1) is 4.92 Å². The molecule has 0 amide bonds. The number of rotatable bonds is 3. The predicted molar refractivity (Wildman–Crippen MR) is 81.1 cm³/mol. The lowest BCUT2D eigenvalue weighted by Crippen LogP contribution is -2.44. The molecular formula is C14H20N4O4. The molecular weight excluding hydrogens is 288 g/mol. The smallest absolute Gasteiger partial charge is 0.345 e. The summed E-state index contributed by atoms with van der Waals surface area (Å²) in [5.74, 6) is -0.493. The fourth-order valence-electron chi connectivity index (χ4n) is 2.23. The van der Waals surface area contributed by atoms with E-state index in [1.165, 1.54) is 12.3 Å². The molecule has 120 valence electrons. The van der Waals surface area contributed by atoms with Gasteiger partial charge < -0.3 is 15.0 Å². The first kappa shape index (κ1) is 16.2. The second-order valence-corrected chi connectivity index (χ2v) is 6.03. The Morgan fingerprint density at radius 2 is 2.05 bits per heavy atom. The summed E-state index contributed by atoms with van der Waals surface area (Å²) in [5, 5.41) is 14.6. The fraction of sp³-hybridized carbons (Fsp3) is 0.571. The molecule has 0 spiro atoms. The first-order valence-electron chi connectivity index (χ1n) is 7.12. The third-order valence-electron chi connectivity index (χ3n) is 3.12. The summed E-state index contributed by atoms with van der Waals surface area (Å²) in [5.41, 5.74) is -1.08.